The van der Waals surface area contributed by atoms with Crippen molar-refractivity contribution in [2.75, 3.05) is 12.3 Å². The average Bonchev–Trinajstić information content (AvgIpc) is 2.42. The molecule has 2 aromatic rings. The molecule has 0 fully saturated rings. The van der Waals surface area contributed by atoms with Gasteiger partial charge in [0, 0.05) is 30.3 Å². The summed E-state index contributed by atoms with van der Waals surface area (Å²) >= 11 is 4.05. The predicted octanol–water partition coefficient (Wildman–Crippen LogP) is 2.21. The molecule has 1 amide bonds. The van der Waals surface area contributed by atoms with Gasteiger partial charge in [-0.15, -0.1) is 0 Å². The van der Waals surface area contributed by atoms with Crippen molar-refractivity contribution in [3.05, 3.63) is 42.1 Å². The van der Waals surface area contributed by atoms with Crippen molar-refractivity contribution in [1.82, 2.24) is 10.3 Å². The Morgan fingerprint density at radius 3 is 3.00 bits per heavy atom. The predicted molar refractivity (Wildman–Crippen MR) is 76.9 cm³/mol. The average molecular weight is 260 g/mol. The lowest BCUT2D eigenvalue weighted by Crippen LogP contribution is -2.25. The summed E-state index contributed by atoms with van der Waals surface area (Å²) in [6, 6.07) is 10.1. The van der Waals surface area contributed by atoms with E-state index in [1.807, 2.05) is 30.5 Å². The van der Waals surface area contributed by atoms with Crippen molar-refractivity contribution in [1.29, 1.82) is 0 Å². The lowest BCUT2D eigenvalue weighted by Gasteiger charge is -2.04. The maximum atomic E-state index is 11.5. The van der Waals surface area contributed by atoms with E-state index in [0.29, 0.717) is 18.7 Å². The van der Waals surface area contributed by atoms with E-state index in [0.717, 1.165) is 22.9 Å². The summed E-state index contributed by atoms with van der Waals surface area (Å²) in [5.74, 6) is 0.737. The number of rotatable bonds is 5. The molecular weight excluding hydrogens is 244 g/mol. The van der Waals surface area contributed by atoms with Gasteiger partial charge in [-0.25, -0.2) is 0 Å². The van der Waals surface area contributed by atoms with Gasteiger partial charge >= 0.3 is 0 Å². The molecule has 1 heterocycles. The Bertz CT molecular complexity index is 542. The fourth-order valence-electron chi connectivity index (χ4n) is 1.79. The first-order valence-corrected chi connectivity index (χ1v) is 6.64. The van der Waals surface area contributed by atoms with Crippen LogP contribution in [-0.4, -0.2) is 23.2 Å². The molecule has 0 bridgehead atoms. The summed E-state index contributed by atoms with van der Waals surface area (Å²) < 4.78 is 0. The number of carbonyl (C=O) groups is 1. The maximum Gasteiger partial charge on any atom is 0.220 e. The number of hydrogen-bond donors (Lipinski definition) is 2. The molecule has 0 saturated heterocycles. The highest BCUT2D eigenvalue weighted by Gasteiger charge is 2.02. The largest absolute Gasteiger partial charge is 0.355 e. The lowest BCUT2D eigenvalue weighted by atomic mass is 10.1. The summed E-state index contributed by atoms with van der Waals surface area (Å²) in [5, 5.41) is 3.92. The summed E-state index contributed by atoms with van der Waals surface area (Å²) in [6.45, 7) is 0.623. The number of benzene rings is 1. The highest BCUT2D eigenvalue weighted by atomic mass is 32.1. The van der Waals surface area contributed by atoms with Gasteiger partial charge in [0.15, 0.2) is 0 Å². The minimum Gasteiger partial charge on any atom is -0.355 e. The molecule has 4 heteroatoms. The topological polar surface area (TPSA) is 42.0 Å². The van der Waals surface area contributed by atoms with E-state index in [4.69, 9.17) is 0 Å². The van der Waals surface area contributed by atoms with E-state index in [-0.39, 0.29) is 5.91 Å². The standard InChI is InChI=1S/C14H16N2OS/c17-14(15-7-8-18)6-5-11-9-12-3-1-2-4-13(12)16-10-11/h1-4,9-10,18H,5-8H2,(H,15,17). The van der Waals surface area contributed by atoms with Crippen molar-refractivity contribution in [2.24, 2.45) is 0 Å². The van der Waals surface area contributed by atoms with E-state index in [9.17, 15) is 4.79 Å². The van der Waals surface area contributed by atoms with Crippen LogP contribution in [-0.2, 0) is 11.2 Å². The van der Waals surface area contributed by atoms with Crippen LogP contribution < -0.4 is 5.32 Å². The van der Waals surface area contributed by atoms with Crippen LogP contribution in [0.15, 0.2) is 36.5 Å². The Morgan fingerprint density at radius 2 is 2.17 bits per heavy atom. The van der Waals surface area contributed by atoms with Crippen LogP contribution >= 0.6 is 12.6 Å². The Labute approximate surface area is 112 Å². The molecule has 0 atom stereocenters. The third-order valence-electron chi connectivity index (χ3n) is 2.72. The number of nitrogens with zero attached hydrogens (tertiary/aromatic N) is 1. The number of hydrogen-bond acceptors (Lipinski definition) is 3. The zero-order valence-electron chi connectivity index (χ0n) is 10.1. The molecule has 0 aliphatic carbocycles. The Balaban J connectivity index is 1.97. The van der Waals surface area contributed by atoms with E-state index >= 15 is 0 Å². The van der Waals surface area contributed by atoms with Crippen LogP contribution in [0.1, 0.15) is 12.0 Å². The van der Waals surface area contributed by atoms with Crippen molar-refractivity contribution < 1.29 is 4.79 Å². The molecule has 18 heavy (non-hydrogen) atoms. The van der Waals surface area contributed by atoms with Gasteiger partial charge in [0.2, 0.25) is 5.91 Å². The second-order valence-corrected chi connectivity index (χ2v) is 4.56. The van der Waals surface area contributed by atoms with Crippen LogP contribution in [0.3, 0.4) is 0 Å². The molecule has 1 aromatic carbocycles. The number of nitrogens with one attached hydrogen (secondary N) is 1. The van der Waals surface area contributed by atoms with Gasteiger partial charge in [-0.1, -0.05) is 18.2 Å². The zero-order valence-corrected chi connectivity index (χ0v) is 11.0. The normalized spacial score (nSPS) is 10.5. The summed E-state index contributed by atoms with van der Waals surface area (Å²) in [7, 11) is 0. The van der Waals surface area contributed by atoms with Crippen LogP contribution in [0.25, 0.3) is 10.9 Å². The van der Waals surface area contributed by atoms with Crippen molar-refractivity contribution in [3.8, 4) is 0 Å². The number of thiol groups is 1. The number of pyridine rings is 1. The number of fused-ring (bicyclic) bond motifs is 1. The highest BCUT2D eigenvalue weighted by molar-refractivity contribution is 7.80. The van der Waals surface area contributed by atoms with Gasteiger partial charge in [0.05, 0.1) is 5.52 Å². The van der Waals surface area contributed by atoms with E-state index in [1.54, 1.807) is 0 Å². The number of amides is 1. The smallest absolute Gasteiger partial charge is 0.220 e. The fraction of sp³-hybridized carbons (Fsp3) is 0.286. The molecule has 2 rings (SSSR count). The first kappa shape index (κ1) is 12.9. The van der Waals surface area contributed by atoms with Crippen LogP contribution in [0.2, 0.25) is 0 Å². The molecule has 0 spiro atoms. The van der Waals surface area contributed by atoms with Crippen molar-refractivity contribution >= 4 is 29.4 Å². The number of carbonyl (C=O) groups excluding carboxylic acids is 1. The number of aryl methyl sites for hydroxylation is 1. The third-order valence-corrected chi connectivity index (χ3v) is 2.95. The third kappa shape index (κ3) is 3.47. The molecule has 1 N–H and O–H groups in total. The Morgan fingerprint density at radius 1 is 1.33 bits per heavy atom. The van der Waals surface area contributed by atoms with E-state index < -0.39 is 0 Å². The monoisotopic (exact) mass is 260 g/mol. The summed E-state index contributed by atoms with van der Waals surface area (Å²) in [6.07, 6.45) is 3.05. The second-order valence-electron chi connectivity index (χ2n) is 4.11. The second kappa shape index (κ2) is 6.40. The van der Waals surface area contributed by atoms with Gasteiger partial charge in [-0.05, 0) is 24.1 Å². The Hall–Kier alpha value is -1.55. The summed E-state index contributed by atoms with van der Waals surface area (Å²) in [4.78, 5) is 15.9. The minimum atomic E-state index is 0.0669. The minimum absolute atomic E-state index is 0.0669. The molecule has 0 aliphatic rings. The van der Waals surface area contributed by atoms with Gasteiger partial charge in [0.1, 0.15) is 0 Å². The molecule has 0 saturated carbocycles. The van der Waals surface area contributed by atoms with Crippen LogP contribution in [0.4, 0.5) is 0 Å². The first-order chi connectivity index (χ1) is 8.79. The van der Waals surface area contributed by atoms with Crippen LogP contribution in [0, 0.1) is 0 Å². The quantitative estimate of drug-likeness (QED) is 0.809. The highest BCUT2D eigenvalue weighted by Crippen LogP contribution is 2.13. The van der Waals surface area contributed by atoms with Gasteiger partial charge < -0.3 is 5.32 Å². The van der Waals surface area contributed by atoms with Gasteiger partial charge in [-0.3, -0.25) is 9.78 Å². The van der Waals surface area contributed by atoms with Crippen molar-refractivity contribution in [3.63, 3.8) is 0 Å². The SMILES string of the molecule is O=C(CCc1cnc2ccccc2c1)NCCS. The lowest BCUT2D eigenvalue weighted by molar-refractivity contribution is -0.120. The molecule has 0 radical (unpaired) electrons. The van der Waals surface area contributed by atoms with Crippen LogP contribution in [0.5, 0.6) is 0 Å². The number of aromatic nitrogens is 1. The maximum absolute atomic E-state index is 11.5. The molecule has 3 nitrogen and oxygen atoms in total. The zero-order chi connectivity index (χ0) is 12.8. The Kier molecular flexibility index (Phi) is 4.59. The van der Waals surface area contributed by atoms with Gasteiger partial charge in [-0.2, -0.15) is 12.6 Å². The van der Waals surface area contributed by atoms with Gasteiger partial charge in [0.25, 0.3) is 0 Å². The first-order valence-electron chi connectivity index (χ1n) is 6.01. The fourth-order valence-corrected chi connectivity index (χ4v) is 1.91. The van der Waals surface area contributed by atoms with E-state index in [2.05, 4.69) is 29.0 Å². The molecular formula is C14H16N2OS. The molecule has 94 valence electrons. The number of para-hydroxylation sites is 1. The molecule has 0 unspecified atom stereocenters. The molecule has 1 aromatic heterocycles. The molecule has 0 aliphatic heterocycles. The van der Waals surface area contributed by atoms with Crippen molar-refractivity contribution in [2.45, 2.75) is 12.8 Å². The summed E-state index contributed by atoms with van der Waals surface area (Å²) in [5.41, 5.74) is 2.08. The van der Waals surface area contributed by atoms with E-state index in [1.165, 1.54) is 0 Å².